The molecule has 0 spiro atoms. The molecule has 0 saturated heterocycles. The molecular weight excluding hydrogens is 204 g/mol. The van der Waals surface area contributed by atoms with Gasteiger partial charge in [0.05, 0.1) is 11.1 Å². The first kappa shape index (κ1) is 10.6. The van der Waals surface area contributed by atoms with E-state index in [-0.39, 0.29) is 16.9 Å². The summed E-state index contributed by atoms with van der Waals surface area (Å²) in [6.07, 6.45) is 0. The fourth-order valence-corrected chi connectivity index (χ4v) is 2.14. The Hall–Kier alpha value is -0.470. The van der Waals surface area contributed by atoms with Crippen LogP contribution in [0.2, 0.25) is 0 Å². The molecule has 0 saturated carbocycles. The molecule has 0 aliphatic heterocycles. The van der Waals surface area contributed by atoms with Crippen molar-refractivity contribution in [3.8, 4) is 0 Å². The molecule has 0 aromatic heterocycles. The molecule has 13 heavy (non-hydrogen) atoms. The standard InChI is InChI=1S/C10H11ClOS/c1-8(10(12)7-11)13-9-5-3-2-4-6-9/h2-6,8H,7H2,1H3. The molecule has 1 aromatic rings. The van der Waals surface area contributed by atoms with Gasteiger partial charge in [0.25, 0.3) is 0 Å². The lowest BCUT2D eigenvalue weighted by Gasteiger charge is -2.07. The Morgan fingerprint density at radius 2 is 2.08 bits per heavy atom. The van der Waals surface area contributed by atoms with Crippen molar-refractivity contribution in [2.75, 3.05) is 5.88 Å². The van der Waals surface area contributed by atoms with Gasteiger partial charge in [0.2, 0.25) is 0 Å². The predicted molar refractivity (Wildman–Crippen MR) is 57.5 cm³/mol. The zero-order valence-corrected chi connectivity index (χ0v) is 8.94. The number of hydrogen-bond donors (Lipinski definition) is 0. The summed E-state index contributed by atoms with van der Waals surface area (Å²) in [4.78, 5) is 12.3. The normalized spacial score (nSPS) is 12.5. The summed E-state index contributed by atoms with van der Waals surface area (Å²) in [5.41, 5.74) is 0. The number of alkyl halides is 1. The van der Waals surface area contributed by atoms with Crippen molar-refractivity contribution in [2.24, 2.45) is 0 Å². The second kappa shape index (κ2) is 5.30. The highest BCUT2D eigenvalue weighted by Crippen LogP contribution is 2.23. The molecule has 0 bridgehead atoms. The van der Waals surface area contributed by atoms with Gasteiger partial charge >= 0.3 is 0 Å². The highest BCUT2D eigenvalue weighted by Gasteiger charge is 2.12. The van der Waals surface area contributed by atoms with Gasteiger partial charge in [0.1, 0.15) is 0 Å². The molecule has 1 unspecified atom stereocenters. The van der Waals surface area contributed by atoms with Crippen LogP contribution in [0, 0.1) is 0 Å². The zero-order valence-electron chi connectivity index (χ0n) is 7.37. The average molecular weight is 215 g/mol. The maximum atomic E-state index is 11.2. The fraction of sp³-hybridized carbons (Fsp3) is 0.300. The molecule has 0 heterocycles. The minimum Gasteiger partial charge on any atom is -0.297 e. The molecule has 1 rings (SSSR count). The highest BCUT2D eigenvalue weighted by molar-refractivity contribution is 8.00. The first-order valence-electron chi connectivity index (χ1n) is 4.04. The van der Waals surface area contributed by atoms with E-state index in [1.807, 2.05) is 37.3 Å². The third-order valence-electron chi connectivity index (χ3n) is 1.64. The van der Waals surface area contributed by atoms with E-state index < -0.39 is 0 Å². The number of ketones is 1. The van der Waals surface area contributed by atoms with Gasteiger partial charge in [-0.2, -0.15) is 0 Å². The van der Waals surface area contributed by atoms with Crippen molar-refractivity contribution < 1.29 is 4.79 Å². The van der Waals surface area contributed by atoms with Gasteiger partial charge in [-0.15, -0.1) is 23.4 Å². The number of carbonyl (C=O) groups is 1. The third-order valence-corrected chi connectivity index (χ3v) is 3.07. The summed E-state index contributed by atoms with van der Waals surface area (Å²) in [6.45, 7) is 1.88. The molecular formula is C10H11ClOS. The van der Waals surface area contributed by atoms with Crippen LogP contribution in [0.3, 0.4) is 0 Å². The van der Waals surface area contributed by atoms with Gasteiger partial charge < -0.3 is 0 Å². The third kappa shape index (κ3) is 3.41. The number of carbonyl (C=O) groups excluding carboxylic acids is 1. The molecule has 0 amide bonds. The average Bonchev–Trinajstić information content (AvgIpc) is 2.18. The van der Waals surface area contributed by atoms with Crippen molar-refractivity contribution in [1.82, 2.24) is 0 Å². The van der Waals surface area contributed by atoms with E-state index in [1.165, 1.54) is 0 Å². The molecule has 0 radical (unpaired) electrons. The van der Waals surface area contributed by atoms with Crippen LogP contribution < -0.4 is 0 Å². The molecule has 0 N–H and O–H groups in total. The lowest BCUT2D eigenvalue weighted by atomic mass is 10.3. The van der Waals surface area contributed by atoms with E-state index in [2.05, 4.69) is 0 Å². The van der Waals surface area contributed by atoms with E-state index in [4.69, 9.17) is 11.6 Å². The SMILES string of the molecule is CC(Sc1ccccc1)C(=O)CCl. The summed E-state index contributed by atoms with van der Waals surface area (Å²) in [7, 11) is 0. The van der Waals surface area contributed by atoms with Gasteiger partial charge in [-0.25, -0.2) is 0 Å². The zero-order chi connectivity index (χ0) is 9.68. The van der Waals surface area contributed by atoms with Crippen LogP contribution in [0.15, 0.2) is 35.2 Å². The second-order valence-electron chi connectivity index (χ2n) is 2.67. The number of thioether (sulfide) groups is 1. The van der Waals surface area contributed by atoms with E-state index in [0.717, 1.165) is 4.90 Å². The quantitative estimate of drug-likeness (QED) is 0.566. The van der Waals surface area contributed by atoms with Crippen molar-refractivity contribution in [3.05, 3.63) is 30.3 Å². The summed E-state index contributed by atoms with van der Waals surface area (Å²) in [6, 6.07) is 9.85. The van der Waals surface area contributed by atoms with Gasteiger partial charge in [0.15, 0.2) is 5.78 Å². The molecule has 0 aliphatic carbocycles. The Morgan fingerprint density at radius 3 is 2.62 bits per heavy atom. The minimum absolute atomic E-state index is 0.0556. The minimum atomic E-state index is -0.0556. The van der Waals surface area contributed by atoms with Gasteiger partial charge in [-0.3, -0.25) is 4.79 Å². The Labute approximate surface area is 87.5 Å². The van der Waals surface area contributed by atoms with Crippen molar-refractivity contribution in [1.29, 1.82) is 0 Å². The summed E-state index contributed by atoms with van der Waals surface area (Å²) in [5.74, 6) is 0.177. The Bertz CT molecular complexity index is 274. The van der Waals surface area contributed by atoms with Crippen LogP contribution >= 0.6 is 23.4 Å². The predicted octanol–water partition coefficient (Wildman–Crippen LogP) is 2.98. The van der Waals surface area contributed by atoms with Crippen LogP contribution in [0.1, 0.15) is 6.92 Å². The number of halogens is 1. The molecule has 0 aliphatic rings. The molecule has 0 fully saturated rings. The van der Waals surface area contributed by atoms with Crippen LogP contribution in [0.4, 0.5) is 0 Å². The Morgan fingerprint density at radius 1 is 1.46 bits per heavy atom. The van der Waals surface area contributed by atoms with Crippen LogP contribution in [0.5, 0.6) is 0 Å². The number of rotatable bonds is 4. The first-order valence-corrected chi connectivity index (χ1v) is 5.46. The van der Waals surface area contributed by atoms with E-state index >= 15 is 0 Å². The van der Waals surface area contributed by atoms with Crippen LogP contribution in [-0.4, -0.2) is 16.9 Å². The maximum absolute atomic E-state index is 11.2. The summed E-state index contributed by atoms with van der Waals surface area (Å²) >= 11 is 6.99. The van der Waals surface area contributed by atoms with E-state index in [9.17, 15) is 4.79 Å². The molecule has 3 heteroatoms. The van der Waals surface area contributed by atoms with Gasteiger partial charge in [-0.1, -0.05) is 18.2 Å². The number of Topliss-reactive ketones (excluding diaryl/α,β-unsaturated/α-hetero) is 1. The van der Waals surface area contributed by atoms with Crippen molar-refractivity contribution in [3.63, 3.8) is 0 Å². The molecule has 1 aromatic carbocycles. The van der Waals surface area contributed by atoms with Crippen LogP contribution in [-0.2, 0) is 4.79 Å². The highest BCUT2D eigenvalue weighted by atomic mass is 35.5. The van der Waals surface area contributed by atoms with E-state index in [0.29, 0.717) is 0 Å². The topological polar surface area (TPSA) is 17.1 Å². The summed E-state index contributed by atoms with van der Waals surface area (Å²) < 4.78 is 0. The summed E-state index contributed by atoms with van der Waals surface area (Å²) in [5, 5.41) is -0.0556. The Balaban J connectivity index is 2.55. The van der Waals surface area contributed by atoms with Crippen molar-refractivity contribution in [2.45, 2.75) is 17.1 Å². The fourth-order valence-electron chi connectivity index (χ4n) is 0.878. The Kier molecular flexibility index (Phi) is 4.33. The van der Waals surface area contributed by atoms with Gasteiger partial charge in [-0.05, 0) is 19.1 Å². The largest absolute Gasteiger partial charge is 0.297 e. The molecule has 1 nitrogen and oxygen atoms in total. The van der Waals surface area contributed by atoms with Gasteiger partial charge in [0, 0.05) is 4.90 Å². The first-order chi connectivity index (χ1) is 6.24. The lowest BCUT2D eigenvalue weighted by Crippen LogP contribution is -2.13. The molecule has 70 valence electrons. The second-order valence-corrected chi connectivity index (χ2v) is 4.35. The number of hydrogen-bond acceptors (Lipinski definition) is 2. The maximum Gasteiger partial charge on any atom is 0.160 e. The lowest BCUT2D eigenvalue weighted by molar-refractivity contribution is -0.115. The number of benzene rings is 1. The van der Waals surface area contributed by atoms with Crippen molar-refractivity contribution >= 4 is 29.1 Å². The molecule has 1 atom stereocenters. The monoisotopic (exact) mass is 214 g/mol. The smallest absolute Gasteiger partial charge is 0.160 e. The van der Waals surface area contributed by atoms with Crippen LogP contribution in [0.25, 0.3) is 0 Å². The van der Waals surface area contributed by atoms with E-state index in [1.54, 1.807) is 11.8 Å².